The second kappa shape index (κ2) is 5.41. The van der Waals surface area contributed by atoms with Gasteiger partial charge in [0.05, 0.1) is 0 Å². The molecule has 0 aliphatic rings. The smallest absolute Gasteiger partial charge is 0.384 e. The van der Waals surface area contributed by atoms with Crippen molar-refractivity contribution < 1.29 is 22.0 Å². The SMILES string of the molecule is CCN(CC(F)(F)F)c1c(F)cc(C(=N)N)cc1F. The number of halogens is 5. The highest BCUT2D eigenvalue weighted by molar-refractivity contribution is 5.95. The molecular formula is C11H12F5N3. The maximum atomic E-state index is 13.7. The van der Waals surface area contributed by atoms with E-state index in [0.717, 1.165) is 12.1 Å². The Morgan fingerprint density at radius 3 is 2.05 bits per heavy atom. The zero-order chi connectivity index (χ0) is 14.8. The summed E-state index contributed by atoms with van der Waals surface area (Å²) in [5.74, 6) is -2.93. The normalized spacial score (nSPS) is 11.5. The summed E-state index contributed by atoms with van der Waals surface area (Å²) in [5, 5.41) is 7.05. The first-order chi connectivity index (χ1) is 8.65. The highest BCUT2D eigenvalue weighted by atomic mass is 19.4. The van der Waals surface area contributed by atoms with E-state index in [1.54, 1.807) is 0 Å². The number of hydrogen-bond acceptors (Lipinski definition) is 2. The lowest BCUT2D eigenvalue weighted by atomic mass is 10.1. The van der Waals surface area contributed by atoms with Gasteiger partial charge in [0.2, 0.25) is 0 Å². The van der Waals surface area contributed by atoms with Gasteiger partial charge in [0.25, 0.3) is 0 Å². The number of nitrogens with one attached hydrogen (secondary N) is 1. The molecule has 0 bridgehead atoms. The van der Waals surface area contributed by atoms with Crippen molar-refractivity contribution in [2.24, 2.45) is 5.73 Å². The molecule has 0 aliphatic carbocycles. The Hall–Kier alpha value is -1.86. The molecule has 0 radical (unpaired) electrons. The lowest BCUT2D eigenvalue weighted by Gasteiger charge is -2.25. The fourth-order valence-electron chi connectivity index (χ4n) is 1.59. The number of nitrogen functional groups attached to an aromatic ring is 1. The predicted octanol–water partition coefficient (Wildman–Crippen LogP) is 2.64. The molecule has 0 aromatic heterocycles. The monoisotopic (exact) mass is 281 g/mol. The number of hydrogen-bond donors (Lipinski definition) is 2. The molecule has 106 valence electrons. The van der Waals surface area contributed by atoms with Crippen LogP contribution in [0.4, 0.5) is 27.6 Å². The predicted molar refractivity (Wildman–Crippen MR) is 61.3 cm³/mol. The van der Waals surface area contributed by atoms with Gasteiger partial charge < -0.3 is 10.6 Å². The van der Waals surface area contributed by atoms with Crippen molar-refractivity contribution in [3.8, 4) is 0 Å². The standard InChI is InChI=1S/C11H12F5N3/c1-2-19(5-11(14,15)16)9-7(12)3-6(10(17)18)4-8(9)13/h3-4H,2,5H2,1H3,(H3,17,18). The molecule has 0 saturated heterocycles. The maximum absolute atomic E-state index is 13.7. The van der Waals surface area contributed by atoms with Crippen LogP contribution < -0.4 is 10.6 Å². The van der Waals surface area contributed by atoms with Gasteiger partial charge in [-0.1, -0.05) is 0 Å². The van der Waals surface area contributed by atoms with Crippen LogP contribution in [0.25, 0.3) is 0 Å². The molecule has 0 spiro atoms. The van der Waals surface area contributed by atoms with Crippen molar-refractivity contribution in [3.05, 3.63) is 29.3 Å². The molecule has 3 N–H and O–H groups in total. The minimum absolute atomic E-state index is 0.216. The third-order valence-corrected chi connectivity index (χ3v) is 2.40. The van der Waals surface area contributed by atoms with Gasteiger partial charge in [-0.25, -0.2) is 8.78 Å². The Kier molecular flexibility index (Phi) is 4.33. The van der Waals surface area contributed by atoms with Crippen LogP contribution in [-0.2, 0) is 0 Å². The molecule has 0 amide bonds. The molecule has 8 heteroatoms. The second-order valence-corrected chi connectivity index (χ2v) is 3.83. The van der Waals surface area contributed by atoms with E-state index in [1.807, 2.05) is 0 Å². The topological polar surface area (TPSA) is 53.1 Å². The van der Waals surface area contributed by atoms with Crippen molar-refractivity contribution >= 4 is 11.5 Å². The number of rotatable bonds is 4. The zero-order valence-electron chi connectivity index (χ0n) is 9.98. The fourth-order valence-corrected chi connectivity index (χ4v) is 1.59. The van der Waals surface area contributed by atoms with E-state index in [-0.39, 0.29) is 12.1 Å². The van der Waals surface area contributed by atoms with Gasteiger partial charge in [-0.05, 0) is 19.1 Å². The number of benzene rings is 1. The Morgan fingerprint density at radius 1 is 1.26 bits per heavy atom. The number of nitrogens with zero attached hydrogens (tertiary/aromatic N) is 1. The Balaban J connectivity index is 3.22. The van der Waals surface area contributed by atoms with Gasteiger partial charge >= 0.3 is 6.18 Å². The first kappa shape index (κ1) is 15.2. The molecule has 1 aromatic carbocycles. The summed E-state index contributed by atoms with van der Waals surface area (Å²) in [6, 6.07) is 1.47. The summed E-state index contributed by atoms with van der Waals surface area (Å²) in [5.41, 5.74) is 4.07. The molecule has 1 rings (SSSR count). The number of anilines is 1. The summed E-state index contributed by atoms with van der Waals surface area (Å²) in [6.45, 7) is -0.326. The molecule has 0 aliphatic heterocycles. The van der Waals surface area contributed by atoms with Gasteiger partial charge in [-0.15, -0.1) is 0 Å². The molecule has 19 heavy (non-hydrogen) atoms. The highest BCUT2D eigenvalue weighted by Crippen LogP contribution is 2.28. The molecular weight excluding hydrogens is 269 g/mol. The van der Waals surface area contributed by atoms with E-state index < -0.39 is 35.9 Å². The van der Waals surface area contributed by atoms with Crippen LogP contribution in [0, 0.1) is 17.0 Å². The summed E-state index contributed by atoms with van der Waals surface area (Å²) < 4.78 is 64.3. The fraction of sp³-hybridized carbons (Fsp3) is 0.364. The van der Waals surface area contributed by atoms with E-state index in [2.05, 4.69) is 0 Å². The average Bonchev–Trinajstić information content (AvgIpc) is 2.24. The largest absolute Gasteiger partial charge is 0.405 e. The van der Waals surface area contributed by atoms with E-state index in [0.29, 0.717) is 4.90 Å². The quantitative estimate of drug-likeness (QED) is 0.506. The van der Waals surface area contributed by atoms with E-state index in [9.17, 15) is 22.0 Å². The minimum atomic E-state index is -4.58. The number of alkyl halides is 3. The number of nitrogens with two attached hydrogens (primary N) is 1. The first-order valence-corrected chi connectivity index (χ1v) is 5.31. The molecule has 0 heterocycles. The molecule has 0 fully saturated rings. The van der Waals surface area contributed by atoms with Crippen molar-refractivity contribution in [2.45, 2.75) is 13.1 Å². The van der Waals surface area contributed by atoms with Crippen LogP contribution in [0.5, 0.6) is 0 Å². The highest BCUT2D eigenvalue weighted by Gasteiger charge is 2.32. The third-order valence-electron chi connectivity index (χ3n) is 2.40. The van der Waals surface area contributed by atoms with E-state index in [4.69, 9.17) is 11.1 Å². The van der Waals surface area contributed by atoms with E-state index in [1.165, 1.54) is 6.92 Å². The first-order valence-electron chi connectivity index (χ1n) is 5.31. The molecule has 1 aromatic rings. The minimum Gasteiger partial charge on any atom is -0.384 e. The zero-order valence-corrected chi connectivity index (χ0v) is 9.98. The van der Waals surface area contributed by atoms with Crippen molar-refractivity contribution in [1.82, 2.24) is 0 Å². The molecule has 0 saturated carbocycles. The summed E-state index contributed by atoms with van der Waals surface area (Å²) in [7, 11) is 0. The van der Waals surface area contributed by atoms with Crippen LogP contribution >= 0.6 is 0 Å². The van der Waals surface area contributed by atoms with Crippen LogP contribution in [0.1, 0.15) is 12.5 Å². The molecule has 0 atom stereocenters. The Bertz CT molecular complexity index is 461. The van der Waals surface area contributed by atoms with Crippen molar-refractivity contribution in [3.63, 3.8) is 0 Å². The average molecular weight is 281 g/mol. The van der Waals surface area contributed by atoms with Crippen LogP contribution in [-0.4, -0.2) is 25.1 Å². The molecule has 0 unspecified atom stereocenters. The molecule has 3 nitrogen and oxygen atoms in total. The summed E-state index contributed by atoms with van der Waals surface area (Å²) in [4.78, 5) is 0.536. The summed E-state index contributed by atoms with van der Waals surface area (Å²) >= 11 is 0. The van der Waals surface area contributed by atoms with Gasteiger partial charge in [0.15, 0.2) is 0 Å². The Morgan fingerprint density at radius 2 is 1.74 bits per heavy atom. The Labute approximate surface area is 106 Å². The lowest BCUT2D eigenvalue weighted by molar-refractivity contribution is -0.119. The van der Waals surface area contributed by atoms with Gasteiger partial charge in [0, 0.05) is 12.1 Å². The van der Waals surface area contributed by atoms with Crippen molar-refractivity contribution in [2.75, 3.05) is 18.0 Å². The van der Waals surface area contributed by atoms with Crippen LogP contribution in [0.2, 0.25) is 0 Å². The summed E-state index contributed by atoms with van der Waals surface area (Å²) in [6.07, 6.45) is -4.58. The number of amidine groups is 1. The van der Waals surface area contributed by atoms with Crippen LogP contribution in [0.15, 0.2) is 12.1 Å². The van der Waals surface area contributed by atoms with Gasteiger partial charge in [-0.2, -0.15) is 13.2 Å². The van der Waals surface area contributed by atoms with E-state index >= 15 is 0 Å². The lowest BCUT2D eigenvalue weighted by Crippen LogP contribution is -2.35. The maximum Gasteiger partial charge on any atom is 0.405 e. The van der Waals surface area contributed by atoms with Crippen molar-refractivity contribution in [1.29, 1.82) is 5.41 Å². The van der Waals surface area contributed by atoms with Gasteiger partial charge in [-0.3, -0.25) is 5.41 Å². The third kappa shape index (κ3) is 3.80. The van der Waals surface area contributed by atoms with Gasteiger partial charge in [0.1, 0.15) is 29.7 Å². The second-order valence-electron chi connectivity index (χ2n) is 3.83. The van der Waals surface area contributed by atoms with Crippen LogP contribution in [0.3, 0.4) is 0 Å².